The molecule has 36 heavy (non-hydrogen) atoms. The summed E-state index contributed by atoms with van der Waals surface area (Å²) >= 11 is 6.28. The number of rotatable bonds is 7. The van der Waals surface area contributed by atoms with E-state index in [9.17, 15) is 9.18 Å². The lowest BCUT2D eigenvalue weighted by atomic mass is 10.0. The Bertz CT molecular complexity index is 1390. The minimum atomic E-state index is -0.547. The highest BCUT2D eigenvalue weighted by Gasteiger charge is 2.34. The van der Waals surface area contributed by atoms with Gasteiger partial charge in [-0.15, -0.1) is 0 Å². The Morgan fingerprint density at radius 1 is 0.917 bits per heavy atom. The summed E-state index contributed by atoms with van der Waals surface area (Å²) in [5.41, 5.74) is 3.50. The summed E-state index contributed by atoms with van der Waals surface area (Å²) in [6, 6.07) is 26.3. The van der Waals surface area contributed by atoms with Gasteiger partial charge in [-0.25, -0.2) is 4.39 Å². The van der Waals surface area contributed by atoms with Crippen LogP contribution in [0.5, 0.6) is 11.5 Å². The molecule has 1 atom stereocenters. The van der Waals surface area contributed by atoms with Crippen molar-refractivity contribution in [2.45, 2.75) is 19.7 Å². The minimum Gasteiger partial charge on any atom is -0.490 e. The molecule has 0 saturated heterocycles. The highest BCUT2D eigenvalue weighted by Crippen LogP contribution is 2.39. The van der Waals surface area contributed by atoms with E-state index in [0.717, 1.165) is 16.8 Å². The molecule has 182 valence electrons. The SMILES string of the molecule is CCOc1cc([C@@H]2Nc3ccccc3C(=O)N2c2ccc(F)cc2)ccc1OCc1ccccc1Cl. The van der Waals surface area contributed by atoms with Gasteiger partial charge in [0.15, 0.2) is 11.5 Å². The first-order valence-corrected chi connectivity index (χ1v) is 12.0. The van der Waals surface area contributed by atoms with Crippen LogP contribution < -0.4 is 19.7 Å². The van der Waals surface area contributed by atoms with E-state index in [-0.39, 0.29) is 18.3 Å². The molecule has 7 heteroatoms. The lowest BCUT2D eigenvalue weighted by molar-refractivity contribution is 0.0975. The standard InChI is InChI=1S/C29H24ClFN2O3/c1-2-35-27-17-19(11-16-26(27)36-18-20-7-3-5-9-24(20)30)28-32-25-10-6-4-8-23(25)29(34)33(28)22-14-12-21(31)13-15-22/h3-17,28,32H,2,18H2,1H3/t28-/m1/s1. The molecule has 0 unspecified atom stereocenters. The van der Waals surface area contributed by atoms with E-state index in [4.69, 9.17) is 21.1 Å². The van der Waals surface area contributed by atoms with Crippen molar-refractivity contribution in [1.29, 1.82) is 0 Å². The summed E-state index contributed by atoms with van der Waals surface area (Å²) in [6.45, 7) is 2.62. The zero-order valence-electron chi connectivity index (χ0n) is 19.6. The smallest absolute Gasteiger partial charge is 0.262 e. The molecule has 4 aromatic carbocycles. The molecule has 5 rings (SSSR count). The van der Waals surface area contributed by atoms with E-state index in [1.165, 1.54) is 12.1 Å². The van der Waals surface area contributed by atoms with Gasteiger partial charge < -0.3 is 14.8 Å². The van der Waals surface area contributed by atoms with Crippen LogP contribution in [0.25, 0.3) is 0 Å². The number of fused-ring (bicyclic) bond motifs is 1. The van der Waals surface area contributed by atoms with Crippen LogP contribution in [0.3, 0.4) is 0 Å². The van der Waals surface area contributed by atoms with Crippen molar-refractivity contribution in [2.75, 3.05) is 16.8 Å². The number of nitrogens with zero attached hydrogens (tertiary/aromatic N) is 1. The van der Waals surface area contributed by atoms with E-state index in [1.807, 2.05) is 67.6 Å². The third-order valence-electron chi connectivity index (χ3n) is 5.96. The van der Waals surface area contributed by atoms with Gasteiger partial charge in [0.25, 0.3) is 5.91 Å². The number of benzene rings is 4. The molecule has 0 saturated carbocycles. The van der Waals surface area contributed by atoms with Crippen LogP contribution in [-0.2, 0) is 6.61 Å². The Labute approximate surface area is 214 Å². The molecule has 4 aromatic rings. The van der Waals surface area contributed by atoms with E-state index < -0.39 is 6.17 Å². The molecule has 1 N–H and O–H groups in total. The van der Waals surface area contributed by atoms with Crippen molar-refractivity contribution < 1.29 is 18.7 Å². The lowest BCUT2D eigenvalue weighted by Gasteiger charge is -2.38. The van der Waals surface area contributed by atoms with Crippen molar-refractivity contribution in [3.8, 4) is 11.5 Å². The minimum absolute atomic E-state index is 0.182. The normalized spacial score (nSPS) is 14.7. The summed E-state index contributed by atoms with van der Waals surface area (Å²) in [6.07, 6.45) is -0.547. The average Bonchev–Trinajstić information content (AvgIpc) is 2.89. The second kappa shape index (κ2) is 10.3. The summed E-state index contributed by atoms with van der Waals surface area (Å²) in [7, 11) is 0. The van der Waals surface area contributed by atoms with Gasteiger partial charge in [-0.3, -0.25) is 9.69 Å². The van der Waals surface area contributed by atoms with Gasteiger partial charge in [0.05, 0.1) is 12.2 Å². The molecule has 1 aliphatic heterocycles. The Hall–Kier alpha value is -4.03. The molecule has 1 amide bonds. The molecule has 0 fully saturated rings. The van der Waals surface area contributed by atoms with Crippen LogP contribution in [0.2, 0.25) is 5.02 Å². The number of hydrogen-bond acceptors (Lipinski definition) is 4. The van der Waals surface area contributed by atoms with Crippen molar-refractivity contribution in [3.63, 3.8) is 0 Å². The zero-order valence-corrected chi connectivity index (χ0v) is 20.3. The third kappa shape index (κ3) is 4.72. The third-order valence-corrected chi connectivity index (χ3v) is 6.32. The number of carbonyl (C=O) groups excluding carboxylic acids is 1. The first-order valence-electron chi connectivity index (χ1n) is 11.6. The summed E-state index contributed by atoms with van der Waals surface area (Å²) < 4.78 is 25.6. The summed E-state index contributed by atoms with van der Waals surface area (Å²) in [4.78, 5) is 15.2. The fourth-order valence-electron chi connectivity index (χ4n) is 4.21. The van der Waals surface area contributed by atoms with E-state index in [2.05, 4.69) is 5.32 Å². The van der Waals surface area contributed by atoms with Crippen molar-refractivity contribution >= 4 is 28.9 Å². The Morgan fingerprint density at radius 3 is 2.44 bits per heavy atom. The fourth-order valence-corrected chi connectivity index (χ4v) is 4.40. The number of halogens is 2. The average molecular weight is 503 g/mol. The Balaban J connectivity index is 1.51. The second-order valence-electron chi connectivity index (χ2n) is 8.26. The molecule has 1 heterocycles. The molecular formula is C29H24ClFN2O3. The maximum atomic E-state index is 13.7. The van der Waals surface area contributed by atoms with Gasteiger partial charge in [-0.1, -0.05) is 48.0 Å². The van der Waals surface area contributed by atoms with E-state index in [1.54, 1.807) is 23.1 Å². The molecule has 5 nitrogen and oxygen atoms in total. The summed E-state index contributed by atoms with van der Waals surface area (Å²) in [5.74, 6) is 0.565. The number of para-hydroxylation sites is 1. The van der Waals surface area contributed by atoms with Crippen LogP contribution in [0.15, 0.2) is 91.0 Å². The van der Waals surface area contributed by atoms with Gasteiger partial charge >= 0.3 is 0 Å². The van der Waals surface area contributed by atoms with Crippen LogP contribution >= 0.6 is 11.6 Å². The monoisotopic (exact) mass is 502 g/mol. The van der Waals surface area contributed by atoms with Gasteiger partial charge in [0, 0.05) is 22.0 Å². The van der Waals surface area contributed by atoms with Crippen LogP contribution in [0.4, 0.5) is 15.8 Å². The first kappa shape index (κ1) is 23.7. The van der Waals surface area contributed by atoms with Crippen molar-refractivity contribution in [1.82, 2.24) is 0 Å². The van der Waals surface area contributed by atoms with Gasteiger partial charge in [-0.2, -0.15) is 0 Å². The molecular weight excluding hydrogens is 479 g/mol. The quantitative estimate of drug-likeness (QED) is 0.289. The molecule has 0 aromatic heterocycles. The Morgan fingerprint density at radius 2 is 1.67 bits per heavy atom. The molecule has 1 aliphatic rings. The van der Waals surface area contributed by atoms with Crippen LogP contribution in [0.1, 0.15) is 34.6 Å². The maximum Gasteiger partial charge on any atom is 0.262 e. The number of amides is 1. The zero-order chi connectivity index (χ0) is 25.1. The number of nitrogens with one attached hydrogen (secondary N) is 1. The predicted molar refractivity (Wildman–Crippen MR) is 139 cm³/mol. The topological polar surface area (TPSA) is 50.8 Å². The van der Waals surface area contributed by atoms with Gasteiger partial charge in [-0.05, 0) is 67.1 Å². The first-order chi connectivity index (χ1) is 17.5. The summed E-state index contributed by atoms with van der Waals surface area (Å²) in [5, 5.41) is 4.09. The van der Waals surface area contributed by atoms with Crippen LogP contribution in [-0.4, -0.2) is 12.5 Å². The highest BCUT2D eigenvalue weighted by atomic mass is 35.5. The Kier molecular flexibility index (Phi) is 6.78. The highest BCUT2D eigenvalue weighted by molar-refractivity contribution is 6.31. The largest absolute Gasteiger partial charge is 0.490 e. The number of hydrogen-bond donors (Lipinski definition) is 1. The van der Waals surface area contributed by atoms with E-state index >= 15 is 0 Å². The molecule has 0 aliphatic carbocycles. The van der Waals surface area contributed by atoms with Gasteiger partial charge in [0.1, 0.15) is 18.6 Å². The van der Waals surface area contributed by atoms with E-state index in [0.29, 0.717) is 34.4 Å². The molecule has 0 spiro atoms. The number of ether oxygens (including phenoxy) is 2. The maximum absolute atomic E-state index is 13.7. The molecule has 0 bridgehead atoms. The lowest BCUT2D eigenvalue weighted by Crippen LogP contribution is -2.43. The van der Waals surface area contributed by atoms with Crippen molar-refractivity contribution in [2.24, 2.45) is 0 Å². The second-order valence-corrected chi connectivity index (χ2v) is 8.67. The predicted octanol–water partition coefficient (Wildman–Crippen LogP) is 7.23. The van der Waals surface area contributed by atoms with Gasteiger partial charge in [0.2, 0.25) is 0 Å². The molecule has 0 radical (unpaired) electrons. The van der Waals surface area contributed by atoms with Crippen molar-refractivity contribution in [3.05, 3.63) is 119 Å². The number of carbonyl (C=O) groups is 1. The van der Waals surface area contributed by atoms with Crippen LogP contribution in [0, 0.1) is 5.82 Å². The fraction of sp³-hybridized carbons (Fsp3) is 0.138. The number of anilines is 2.